The highest BCUT2D eigenvalue weighted by atomic mass is 32.2. The molecule has 2 rings (SSSR count). The van der Waals surface area contributed by atoms with Gasteiger partial charge >= 0.3 is 0 Å². The lowest BCUT2D eigenvalue weighted by atomic mass is 10.2. The second-order valence-corrected chi connectivity index (χ2v) is 8.58. The molecule has 0 bridgehead atoms. The minimum atomic E-state index is -3.62. The highest BCUT2D eigenvalue weighted by molar-refractivity contribution is 7.89. The van der Waals surface area contributed by atoms with Gasteiger partial charge in [-0.05, 0) is 51.0 Å². The van der Waals surface area contributed by atoms with Crippen LogP contribution in [0.15, 0.2) is 35.2 Å². The first kappa shape index (κ1) is 19.9. The van der Waals surface area contributed by atoms with Crippen molar-refractivity contribution < 1.29 is 13.2 Å². The van der Waals surface area contributed by atoms with Gasteiger partial charge in [0.2, 0.25) is 15.9 Å². The molecule has 0 unspecified atom stereocenters. The molecule has 1 aromatic rings. The second kappa shape index (κ2) is 9.89. The molecule has 0 aliphatic carbocycles. The van der Waals surface area contributed by atoms with Gasteiger partial charge < -0.3 is 10.2 Å². The van der Waals surface area contributed by atoms with Crippen LogP contribution in [0.25, 0.3) is 0 Å². The second-order valence-electron chi connectivity index (χ2n) is 6.53. The van der Waals surface area contributed by atoms with Crippen molar-refractivity contribution in [3.63, 3.8) is 0 Å². The number of likely N-dealkylation sites (N-methyl/N-ethyl adjacent to an activating group) is 1. The predicted octanol–water partition coefficient (Wildman–Crippen LogP) is 1.69. The number of nitrogens with one attached hydrogen (secondary N) is 1. The average Bonchev–Trinajstić information content (AvgIpc) is 2.88. The number of amides is 1. The highest BCUT2D eigenvalue weighted by Gasteiger charge is 2.22. The standard InChI is InChI=1S/C18H29N3O3S/c1-20(25(23,24)17-10-5-4-6-11-17)16-18(22)19-12-9-15-21-13-7-2-3-8-14-21/h4-6,10-11H,2-3,7-9,12-16H2,1H3,(H,19,22). The number of benzene rings is 1. The zero-order valence-corrected chi connectivity index (χ0v) is 15.8. The van der Waals surface area contributed by atoms with E-state index in [9.17, 15) is 13.2 Å². The molecule has 0 radical (unpaired) electrons. The van der Waals surface area contributed by atoms with Crippen molar-refractivity contribution in [2.75, 3.05) is 39.8 Å². The van der Waals surface area contributed by atoms with Crippen LogP contribution < -0.4 is 5.32 Å². The maximum Gasteiger partial charge on any atom is 0.243 e. The van der Waals surface area contributed by atoms with E-state index in [1.807, 2.05) is 0 Å². The number of carbonyl (C=O) groups is 1. The maximum atomic E-state index is 12.4. The Balaban J connectivity index is 1.70. The summed E-state index contributed by atoms with van der Waals surface area (Å²) in [5, 5.41) is 2.82. The Hall–Kier alpha value is -1.44. The van der Waals surface area contributed by atoms with E-state index in [0.717, 1.165) is 30.4 Å². The molecule has 1 fully saturated rings. The molecule has 1 aromatic carbocycles. The summed E-state index contributed by atoms with van der Waals surface area (Å²) >= 11 is 0. The van der Waals surface area contributed by atoms with Crippen LogP contribution in [-0.4, -0.2) is 63.3 Å². The summed E-state index contributed by atoms with van der Waals surface area (Å²) in [6.45, 7) is 3.69. The molecule has 0 atom stereocenters. The van der Waals surface area contributed by atoms with Gasteiger partial charge in [0.25, 0.3) is 0 Å². The van der Waals surface area contributed by atoms with Crippen LogP contribution in [0.1, 0.15) is 32.1 Å². The minimum Gasteiger partial charge on any atom is -0.355 e. The van der Waals surface area contributed by atoms with Crippen molar-refractivity contribution in [2.24, 2.45) is 0 Å². The fraction of sp³-hybridized carbons (Fsp3) is 0.611. The third-order valence-electron chi connectivity index (χ3n) is 4.49. The summed E-state index contributed by atoms with van der Waals surface area (Å²) in [5.41, 5.74) is 0. The molecule has 0 saturated carbocycles. The van der Waals surface area contributed by atoms with Crippen LogP contribution in [-0.2, 0) is 14.8 Å². The van der Waals surface area contributed by atoms with Gasteiger partial charge in [0.1, 0.15) is 0 Å². The van der Waals surface area contributed by atoms with E-state index in [1.54, 1.807) is 18.2 Å². The molecular weight excluding hydrogens is 338 g/mol. The lowest BCUT2D eigenvalue weighted by molar-refractivity contribution is -0.121. The van der Waals surface area contributed by atoms with Crippen molar-refractivity contribution in [3.8, 4) is 0 Å². The summed E-state index contributed by atoms with van der Waals surface area (Å²) in [6, 6.07) is 8.17. The quantitative estimate of drug-likeness (QED) is 0.710. The van der Waals surface area contributed by atoms with Gasteiger partial charge in [-0.15, -0.1) is 0 Å². The Bertz CT molecular complexity index is 626. The predicted molar refractivity (Wildman–Crippen MR) is 98.8 cm³/mol. The van der Waals surface area contributed by atoms with E-state index in [2.05, 4.69) is 10.2 Å². The Morgan fingerprint density at radius 2 is 1.76 bits per heavy atom. The number of sulfonamides is 1. The number of nitrogens with zero attached hydrogens (tertiary/aromatic N) is 2. The van der Waals surface area contributed by atoms with Crippen molar-refractivity contribution in [1.82, 2.24) is 14.5 Å². The Kier molecular flexibility index (Phi) is 7.87. The van der Waals surface area contributed by atoms with Gasteiger partial charge in [-0.2, -0.15) is 4.31 Å². The van der Waals surface area contributed by atoms with E-state index >= 15 is 0 Å². The van der Waals surface area contributed by atoms with E-state index in [-0.39, 0.29) is 17.3 Å². The van der Waals surface area contributed by atoms with Crippen molar-refractivity contribution in [1.29, 1.82) is 0 Å². The minimum absolute atomic E-state index is 0.166. The summed E-state index contributed by atoms with van der Waals surface area (Å²) in [5.74, 6) is -0.266. The van der Waals surface area contributed by atoms with Gasteiger partial charge in [0, 0.05) is 13.6 Å². The van der Waals surface area contributed by atoms with Gasteiger partial charge in [-0.25, -0.2) is 8.42 Å². The fourth-order valence-electron chi connectivity index (χ4n) is 3.01. The highest BCUT2D eigenvalue weighted by Crippen LogP contribution is 2.13. The molecular formula is C18H29N3O3S. The Morgan fingerprint density at radius 1 is 1.12 bits per heavy atom. The monoisotopic (exact) mass is 367 g/mol. The number of carbonyl (C=O) groups excluding carboxylic acids is 1. The average molecular weight is 368 g/mol. The Labute approximate surface area is 151 Å². The largest absolute Gasteiger partial charge is 0.355 e. The first-order valence-corrected chi connectivity index (χ1v) is 10.4. The number of rotatable bonds is 8. The zero-order chi connectivity index (χ0) is 18.1. The lowest BCUT2D eigenvalue weighted by Gasteiger charge is -2.20. The maximum absolute atomic E-state index is 12.4. The SMILES string of the molecule is CN(CC(=O)NCCCN1CCCCCC1)S(=O)(=O)c1ccccc1. The third kappa shape index (κ3) is 6.41. The normalized spacial score (nSPS) is 16.6. The van der Waals surface area contributed by atoms with E-state index in [4.69, 9.17) is 0 Å². The summed E-state index contributed by atoms with van der Waals surface area (Å²) < 4.78 is 25.8. The fourth-order valence-corrected chi connectivity index (χ4v) is 4.15. The van der Waals surface area contributed by atoms with Crippen LogP contribution in [0.5, 0.6) is 0 Å². The van der Waals surface area contributed by atoms with Crippen LogP contribution in [0, 0.1) is 0 Å². The van der Waals surface area contributed by atoms with Crippen LogP contribution >= 0.6 is 0 Å². The first-order chi connectivity index (χ1) is 12.0. The lowest BCUT2D eigenvalue weighted by Crippen LogP contribution is -2.39. The molecule has 25 heavy (non-hydrogen) atoms. The van der Waals surface area contributed by atoms with Crippen molar-refractivity contribution in [3.05, 3.63) is 30.3 Å². The summed E-state index contributed by atoms with van der Waals surface area (Å²) in [4.78, 5) is 14.7. The van der Waals surface area contributed by atoms with E-state index in [0.29, 0.717) is 6.54 Å². The van der Waals surface area contributed by atoms with Gasteiger partial charge in [0.05, 0.1) is 11.4 Å². The number of likely N-dealkylation sites (tertiary alicyclic amines) is 1. The summed E-state index contributed by atoms with van der Waals surface area (Å²) in [6.07, 6.45) is 6.04. The van der Waals surface area contributed by atoms with Gasteiger partial charge in [-0.1, -0.05) is 31.0 Å². The molecule has 1 heterocycles. The molecule has 6 nitrogen and oxygen atoms in total. The smallest absolute Gasteiger partial charge is 0.243 e. The third-order valence-corrected chi connectivity index (χ3v) is 6.31. The van der Waals surface area contributed by atoms with Gasteiger partial charge in [0.15, 0.2) is 0 Å². The molecule has 1 N–H and O–H groups in total. The van der Waals surface area contributed by atoms with Crippen LogP contribution in [0.2, 0.25) is 0 Å². The molecule has 1 aliphatic heterocycles. The summed E-state index contributed by atoms with van der Waals surface area (Å²) in [7, 11) is -2.19. The first-order valence-electron chi connectivity index (χ1n) is 9.00. The number of hydrogen-bond donors (Lipinski definition) is 1. The number of hydrogen-bond acceptors (Lipinski definition) is 4. The van der Waals surface area contributed by atoms with E-state index in [1.165, 1.54) is 44.9 Å². The molecule has 7 heteroatoms. The Morgan fingerprint density at radius 3 is 2.40 bits per heavy atom. The molecule has 1 amide bonds. The zero-order valence-electron chi connectivity index (χ0n) is 15.0. The van der Waals surface area contributed by atoms with E-state index < -0.39 is 10.0 Å². The van der Waals surface area contributed by atoms with Crippen LogP contribution in [0.3, 0.4) is 0 Å². The molecule has 1 aliphatic rings. The molecule has 140 valence electrons. The topological polar surface area (TPSA) is 69.7 Å². The van der Waals surface area contributed by atoms with Gasteiger partial charge in [-0.3, -0.25) is 4.79 Å². The molecule has 1 saturated heterocycles. The molecule has 0 spiro atoms. The van der Waals surface area contributed by atoms with Crippen LogP contribution in [0.4, 0.5) is 0 Å². The van der Waals surface area contributed by atoms with Crippen molar-refractivity contribution >= 4 is 15.9 Å². The molecule has 0 aromatic heterocycles. The van der Waals surface area contributed by atoms with Crippen molar-refractivity contribution in [2.45, 2.75) is 37.0 Å².